The maximum Gasteiger partial charge on any atom is 0.195 e. The fourth-order valence-corrected chi connectivity index (χ4v) is 3.11. The molecular weight excluding hydrogens is 306 g/mol. The monoisotopic (exact) mass is 336 g/mol. The summed E-state index contributed by atoms with van der Waals surface area (Å²) in [5.41, 5.74) is 0.616. The minimum atomic E-state index is -3.52. The van der Waals surface area contributed by atoms with Gasteiger partial charge in [-0.15, -0.1) is 0 Å². The van der Waals surface area contributed by atoms with Crippen LogP contribution in [0.3, 0.4) is 0 Å². The van der Waals surface area contributed by atoms with Crippen LogP contribution >= 0.6 is 0 Å². The first-order valence-electron chi connectivity index (χ1n) is 12.3. The minimum Gasteiger partial charge on any atom is -0.347 e. The Labute approximate surface area is 160 Å². The molecule has 2 nitrogen and oxygen atoms in total. The number of aryl methyl sites for hydroxylation is 1. The molecule has 0 aliphatic rings. The van der Waals surface area contributed by atoms with E-state index in [9.17, 15) is 4.79 Å². The molecule has 0 saturated carbocycles. The summed E-state index contributed by atoms with van der Waals surface area (Å²) in [5.74, 6) is -0.415. The van der Waals surface area contributed by atoms with E-state index in [4.69, 9.17) is 12.3 Å². The molecule has 25 heavy (non-hydrogen) atoms. The Morgan fingerprint density at radius 1 is 0.960 bits per heavy atom. The van der Waals surface area contributed by atoms with Crippen molar-refractivity contribution in [2.24, 2.45) is 0 Å². The summed E-state index contributed by atoms with van der Waals surface area (Å²) >= 11 is 0. The molecule has 0 spiro atoms. The summed E-state index contributed by atoms with van der Waals surface area (Å²) in [5, 5.41) is 1.88. The average molecular weight is 336 g/mol. The Balaban J connectivity index is 1.94. The predicted molar refractivity (Wildman–Crippen MR) is 104 cm³/mol. The van der Waals surface area contributed by atoms with Crippen LogP contribution in [0.25, 0.3) is 21.7 Å². The van der Waals surface area contributed by atoms with E-state index < -0.39 is 31.9 Å². The van der Waals surface area contributed by atoms with Gasteiger partial charge in [0.15, 0.2) is 5.78 Å². The van der Waals surface area contributed by atoms with Crippen molar-refractivity contribution in [3.63, 3.8) is 0 Å². The zero-order valence-electron chi connectivity index (χ0n) is 22.3. The third kappa shape index (κ3) is 2.74. The molecule has 0 radical (unpaired) electrons. The number of carbonyl (C=O) groups excluding carboxylic acids is 1. The Morgan fingerprint density at radius 2 is 1.72 bits per heavy atom. The third-order valence-electron chi connectivity index (χ3n) is 4.23. The number of para-hydroxylation sites is 1. The van der Waals surface area contributed by atoms with Crippen LogP contribution in [0.1, 0.15) is 47.9 Å². The largest absolute Gasteiger partial charge is 0.347 e. The summed E-state index contributed by atoms with van der Waals surface area (Å²) in [6.07, 6.45) is -5.86. The van der Waals surface area contributed by atoms with Crippen LogP contribution < -0.4 is 0 Å². The van der Waals surface area contributed by atoms with Gasteiger partial charge < -0.3 is 4.57 Å². The summed E-state index contributed by atoms with van der Waals surface area (Å²) in [6.45, 7) is -6.57. The lowest BCUT2D eigenvalue weighted by atomic mass is 9.97. The van der Waals surface area contributed by atoms with Gasteiger partial charge in [-0.25, -0.2) is 0 Å². The Morgan fingerprint density at radius 3 is 2.60 bits per heavy atom. The topological polar surface area (TPSA) is 22.0 Å². The molecule has 0 N–H and O–H groups in total. The molecule has 4 aromatic rings. The molecule has 0 atom stereocenters. The van der Waals surface area contributed by atoms with Gasteiger partial charge in [0, 0.05) is 47.1 Å². The second-order valence-corrected chi connectivity index (χ2v) is 5.65. The number of fused-ring (bicyclic) bond motifs is 2. The fraction of sp³-hybridized carbons (Fsp3) is 0.174. The smallest absolute Gasteiger partial charge is 0.195 e. The van der Waals surface area contributed by atoms with Crippen molar-refractivity contribution in [2.45, 2.75) is 26.1 Å². The van der Waals surface area contributed by atoms with Crippen LogP contribution in [0.4, 0.5) is 0 Å². The maximum atomic E-state index is 13.6. The molecule has 0 amide bonds. The molecule has 2 heteroatoms. The molecule has 1 aromatic heterocycles. The first kappa shape index (κ1) is 8.48. The lowest BCUT2D eigenvalue weighted by Crippen LogP contribution is -2.02. The van der Waals surface area contributed by atoms with Gasteiger partial charge in [-0.2, -0.15) is 0 Å². The molecule has 0 unspecified atom stereocenters. The standard InChI is InChI=1S/C23H21NO/c1-2-3-15-24-16-21(19-12-6-7-14-22(19)24)23(25)20-13-8-10-17-9-4-5-11-18(17)20/h4-14,16H,2-3,15H2,1H3/i1D3,2D2,3D2,15D2. The van der Waals surface area contributed by atoms with Crippen molar-refractivity contribution in [3.05, 3.63) is 84.1 Å². The van der Waals surface area contributed by atoms with E-state index in [1.807, 2.05) is 18.2 Å². The molecule has 0 aliphatic heterocycles. The van der Waals surface area contributed by atoms with Crippen LogP contribution in [0, 0.1) is 0 Å². The van der Waals surface area contributed by atoms with Crippen LogP contribution in [0.15, 0.2) is 72.9 Å². The third-order valence-corrected chi connectivity index (χ3v) is 4.23. The van der Waals surface area contributed by atoms with Gasteiger partial charge in [0.2, 0.25) is 0 Å². The van der Waals surface area contributed by atoms with E-state index in [1.165, 1.54) is 6.07 Å². The summed E-state index contributed by atoms with van der Waals surface area (Å²) in [7, 11) is 0. The second-order valence-electron chi connectivity index (χ2n) is 5.65. The highest BCUT2D eigenvalue weighted by molar-refractivity contribution is 6.21. The second kappa shape index (κ2) is 6.56. The normalized spacial score (nSPS) is 18.8. The van der Waals surface area contributed by atoms with E-state index in [-0.39, 0.29) is 11.1 Å². The number of hydrogen-bond donors (Lipinski definition) is 0. The highest BCUT2D eigenvalue weighted by Gasteiger charge is 2.18. The quantitative estimate of drug-likeness (QED) is 0.421. The maximum absolute atomic E-state index is 13.6. The van der Waals surface area contributed by atoms with Crippen LogP contribution in [0.2, 0.25) is 0 Å². The summed E-state index contributed by atoms with van der Waals surface area (Å²) in [6, 6.07) is 18.8. The van der Waals surface area contributed by atoms with Gasteiger partial charge in [0.05, 0.1) is 0 Å². The number of benzene rings is 3. The molecule has 0 saturated heterocycles. The molecule has 0 bridgehead atoms. The molecule has 124 valence electrons. The van der Waals surface area contributed by atoms with Crippen molar-refractivity contribution in [2.75, 3.05) is 0 Å². The van der Waals surface area contributed by atoms with E-state index in [2.05, 4.69) is 0 Å². The van der Waals surface area contributed by atoms with Crippen molar-refractivity contribution in [1.82, 2.24) is 4.57 Å². The lowest BCUT2D eigenvalue weighted by Gasteiger charge is -2.05. The lowest BCUT2D eigenvalue weighted by molar-refractivity contribution is 0.104. The van der Waals surface area contributed by atoms with Gasteiger partial charge in [-0.3, -0.25) is 4.79 Å². The number of aromatic nitrogens is 1. The molecule has 1 heterocycles. The average Bonchev–Trinajstić information content (AvgIpc) is 3.17. The Hall–Kier alpha value is -2.87. The number of rotatable bonds is 5. The van der Waals surface area contributed by atoms with Gasteiger partial charge in [-0.05, 0) is 23.2 Å². The van der Waals surface area contributed by atoms with Crippen molar-refractivity contribution < 1.29 is 17.1 Å². The first-order chi connectivity index (χ1) is 15.7. The highest BCUT2D eigenvalue weighted by atomic mass is 16.1. The van der Waals surface area contributed by atoms with Crippen molar-refractivity contribution in [3.8, 4) is 0 Å². The minimum absolute atomic E-state index is 0.0982. The predicted octanol–water partition coefficient (Wildman–Crippen LogP) is 5.83. The highest BCUT2D eigenvalue weighted by Crippen LogP contribution is 2.27. The molecule has 0 fully saturated rings. The van der Waals surface area contributed by atoms with Gasteiger partial charge >= 0.3 is 0 Å². The molecular formula is C23H21NO. The number of nitrogens with zero attached hydrogens (tertiary/aromatic N) is 1. The van der Waals surface area contributed by atoms with Crippen LogP contribution in [-0.2, 0) is 6.50 Å². The van der Waals surface area contributed by atoms with Gasteiger partial charge in [0.25, 0.3) is 0 Å². The molecule has 4 rings (SSSR count). The summed E-state index contributed by atoms with van der Waals surface area (Å²) in [4.78, 5) is 13.6. The first-order valence-corrected chi connectivity index (χ1v) is 7.85. The van der Waals surface area contributed by atoms with Crippen LogP contribution in [0.5, 0.6) is 0 Å². The summed E-state index contributed by atoms with van der Waals surface area (Å²) < 4.78 is 72.5. The fourth-order valence-electron chi connectivity index (χ4n) is 3.11. The number of ketones is 1. The van der Waals surface area contributed by atoms with Crippen molar-refractivity contribution >= 4 is 27.5 Å². The molecule has 3 aromatic carbocycles. The SMILES string of the molecule is [2H]C([2H])([2H])C([2H])([2H])C([2H])([2H])C([2H])([2H])n1cc(C(=O)c2cccc3ccccc23)c2ccccc21. The van der Waals surface area contributed by atoms with E-state index in [1.54, 1.807) is 42.5 Å². The van der Waals surface area contributed by atoms with Gasteiger partial charge in [-0.1, -0.05) is 73.9 Å². The van der Waals surface area contributed by atoms with E-state index in [0.717, 1.165) is 16.2 Å². The van der Waals surface area contributed by atoms with Gasteiger partial charge in [0.1, 0.15) is 0 Å². The Kier molecular flexibility index (Phi) is 2.23. The molecule has 0 aliphatic carbocycles. The van der Waals surface area contributed by atoms with Crippen molar-refractivity contribution in [1.29, 1.82) is 0 Å². The van der Waals surface area contributed by atoms with Crippen LogP contribution in [-0.4, -0.2) is 10.4 Å². The number of carbonyl (C=O) groups is 1. The zero-order chi connectivity index (χ0) is 25.1. The van der Waals surface area contributed by atoms with E-state index in [0.29, 0.717) is 16.3 Å². The zero-order valence-corrected chi connectivity index (χ0v) is 13.3. The Bertz CT molecular complexity index is 1400. The number of hydrogen-bond acceptors (Lipinski definition) is 1. The van der Waals surface area contributed by atoms with E-state index >= 15 is 0 Å².